The summed E-state index contributed by atoms with van der Waals surface area (Å²) in [5.74, 6) is 0. The molecule has 2 N–H and O–H groups in total. The van der Waals surface area contributed by atoms with Crippen LogP contribution in [0.3, 0.4) is 0 Å². The van der Waals surface area contributed by atoms with E-state index in [1.807, 2.05) is 18.6 Å². The van der Waals surface area contributed by atoms with Gasteiger partial charge < -0.3 is 15.2 Å². The number of aryl methyl sites for hydroxylation is 1. The topological polar surface area (TPSA) is 44.0 Å². The van der Waals surface area contributed by atoms with E-state index in [0.717, 1.165) is 31.6 Å². The van der Waals surface area contributed by atoms with Gasteiger partial charge in [0.15, 0.2) is 0 Å². The Morgan fingerprint density at radius 1 is 1.42 bits per heavy atom. The zero-order valence-corrected chi connectivity index (χ0v) is 11.3. The van der Waals surface area contributed by atoms with Crippen molar-refractivity contribution < 1.29 is 0 Å². The summed E-state index contributed by atoms with van der Waals surface area (Å²) in [4.78, 5) is 9.95. The van der Waals surface area contributed by atoms with Crippen molar-refractivity contribution in [1.29, 1.82) is 0 Å². The average molecular weight is 256 g/mol. The van der Waals surface area contributed by atoms with Crippen LogP contribution in [0, 0.1) is 6.92 Å². The van der Waals surface area contributed by atoms with E-state index in [1.54, 1.807) is 0 Å². The Labute approximate surface area is 113 Å². The summed E-state index contributed by atoms with van der Waals surface area (Å²) < 4.78 is 0. The molecule has 3 heterocycles. The maximum atomic E-state index is 4.43. The number of rotatable bonds is 3. The van der Waals surface area contributed by atoms with Crippen LogP contribution in [0.5, 0.6) is 0 Å². The van der Waals surface area contributed by atoms with Gasteiger partial charge in [0.25, 0.3) is 0 Å². The van der Waals surface area contributed by atoms with Crippen molar-refractivity contribution >= 4 is 16.7 Å². The Morgan fingerprint density at radius 3 is 2.95 bits per heavy atom. The smallest absolute Gasteiger partial charge is 0.139 e. The van der Waals surface area contributed by atoms with Gasteiger partial charge in [0.2, 0.25) is 0 Å². The van der Waals surface area contributed by atoms with Gasteiger partial charge in [0, 0.05) is 23.8 Å². The average Bonchev–Trinajstić information content (AvgIpc) is 2.91. The van der Waals surface area contributed by atoms with Crippen molar-refractivity contribution in [3.8, 4) is 0 Å². The number of nitrogens with one attached hydrogen (secondary N) is 2. The third-order valence-electron chi connectivity index (χ3n) is 3.90. The van der Waals surface area contributed by atoms with Gasteiger partial charge >= 0.3 is 0 Å². The number of pyridine rings is 1. The van der Waals surface area contributed by atoms with Crippen LogP contribution in [-0.4, -0.2) is 29.1 Å². The van der Waals surface area contributed by atoms with Crippen LogP contribution < -0.4 is 10.2 Å². The summed E-state index contributed by atoms with van der Waals surface area (Å²) in [6, 6.07) is 2.63. The fourth-order valence-electron chi connectivity index (χ4n) is 2.94. The Bertz CT molecular complexity index is 581. The van der Waals surface area contributed by atoms with Crippen molar-refractivity contribution in [3.63, 3.8) is 0 Å². The molecule has 2 aromatic heterocycles. The van der Waals surface area contributed by atoms with E-state index in [4.69, 9.17) is 0 Å². The van der Waals surface area contributed by atoms with Gasteiger partial charge in [-0.15, -0.1) is 0 Å². The lowest BCUT2D eigenvalue weighted by Crippen LogP contribution is -2.40. The molecular formula is C15H20N4. The van der Waals surface area contributed by atoms with Crippen LogP contribution in [0.25, 0.3) is 11.0 Å². The highest BCUT2D eigenvalue weighted by Gasteiger charge is 2.22. The van der Waals surface area contributed by atoms with Gasteiger partial charge in [-0.05, 0) is 50.7 Å². The Balaban J connectivity index is 2.07. The number of nitrogens with zero attached hydrogens (tertiary/aromatic N) is 2. The molecule has 1 aliphatic rings. The maximum absolute atomic E-state index is 4.43. The van der Waals surface area contributed by atoms with E-state index in [0.29, 0.717) is 6.04 Å². The molecule has 100 valence electrons. The minimum Gasteiger partial charge on any atom is -0.346 e. The number of anilines is 1. The molecule has 1 aliphatic heterocycles. The molecule has 0 unspecified atom stereocenters. The Hall–Kier alpha value is -1.81. The molecule has 0 bridgehead atoms. The van der Waals surface area contributed by atoms with Crippen LogP contribution in [0.4, 0.5) is 5.69 Å². The van der Waals surface area contributed by atoms with Crippen LogP contribution in [0.1, 0.15) is 18.4 Å². The summed E-state index contributed by atoms with van der Waals surface area (Å²) in [6.45, 7) is 8.29. The predicted molar refractivity (Wildman–Crippen MR) is 79.4 cm³/mol. The van der Waals surface area contributed by atoms with E-state index in [2.05, 4.69) is 39.8 Å². The van der Waals surface area contributed by atoms with E-state index in [9.17, 15) is 0 Å². The number of aromatic amines is 1. The first kappa shape index (κ1) is 12.2. The van der Waals surface area contributed by atoms with Gasteiger partial charge in [-0.3, -0.25) is 0 Å². The van der Waals surface area contributed by atoms with E-state index < -0.39 is 0 Å². The van der Waals surface area contributed by atoms with Crippen LogP contribution >= 0.6 is 0 Å². The molecule has 0 aromatic carbocycles. The molecule has 1 fully saturated rings. The fourth-order valence-corrected chi connectivity index (χ4v) is 2.94. The summed E-state index contributed by atoms with van der Waals surface area (Å²) in [5, 5.41) is 4.59. The van der Waals surface area contributed by atoms with Gasteiger partial charge in [0.1, 0.15) is 5.65 Å². The van der Waals surface area contributed by atoms with E-state index >= 15 is 0 Å². The molecule has 19 heavy (non-hydrogen) atoms. The number of H-pyrrole nitrogens is 1. The standard InChI is InChI=1S/C15H20N4/c1-3-19(12-4-7-16-8-5-12)14-11(2)10-18-15-13(14)6-9-17-15/h3,6,9-10,12,16H,1,4-5,7-8H2,2H3,(H,17,18). The summed E-state index contributed by atoms with van der Waals surface area (Å²) in [6.07, 6.45) is 8.15. The van der Waals surface area contributed by atoms with Crippen LogP contribution in [0.15, 0.2) is 31.2 Å². The number of piperidine rings is 1. The van der Waals surface area contributed by atoms with Crippen molar-refractivity contribution in [3.05, 3.63) is 36.8 Å². The van der Waals surface area contributed by atoms with Gasteiger partial charge in [-0.25, -0.2) is 4.98 Å². The molecule has 0 radical (unpaired) electrons. The number of hydrogen-bond acceptors (Lipinski definition) is 3. The molecule has 1 saturated heterocycles. The van der Waals surface area contributed by atoms with Crippen LogP contribution in [0.2, 0.25) is 0 Å². The Kier molecular flexibility index (Phi) is 3.25. The molecule has 4 nitrogen and oxygen atoms in total. The maximum Gasteiger partial charge on any atom is 0.139 e. The number of aromatic nitrogens is 2. The van der Waals surface area contributed by atoms with Gasteiger partial charge in [-0.2, -0.15) is 0 Å². The molecule has 3 rings (SSSR count). The molecule has 0 aliphatic carbocycles. The SMILES string of the molecule is C=CN(c1c(C)cnc2[nH]ccc12)C1CCNCC1. The molecule has 0 spiro atoms. The zero-order chi connectivity index (χ0) is 13.2. The third-order valence-corrected chi connectivity index (χ3v) is 3.90. The second-order valence-electron chi connectivity index (χ2n) is 5.10. The zero-order valence-electron chi connectivity index (χ0n) is 11.3. The van der Waals surface area contributed by atoms with E-state index in [-0.39, 0.29) is 0 Å². The molecule has 2 aromatic rings. The summed E-state index contributed by atoms with van der Waals surface area (Å²) in [7, 11) is 0. The highest BCUT2D eigenvalue weighted by atomic mass is 15.2. The number of hydrogen-bond donors (Lipinski definition) is 2. The molecular weight excluding hydrogens is 236 g/mol. The summed E-state index contributed by atoms with van der Waals surface area (Å²) >= 11 is 0. The van der Waals surface area contributed by atoms with Crippen LogP contribution in [-0.2, 0) is 0 Å². The third kappa shape index (κ3) is 2.12. The lowest BCUT2D eigenvalue weighted by molar-refractivity contribution is 0.450. The largest absolute Gasteiger partial charge is 0.346 e. The molecule has 0 atom stereocenters. The second-order valence-corrected chi connectivity index (χ2v) is 5.10. The molecule has 0 amide bonds. The monoisotopic (exact) mass is 256 g/mol. The van der Waals surface area contributed by atoms with Gasteiger partial charge in [0.05, 0.1) is 5.69 Å². The summed E-state index contributed by atoms with van der Waals surface area (Å²) in [5.41, 5.74) is 3.39. The van der Waals surface area contributed by atoms with Crippen molar-refractivity contribution in [2.24, 2.45) is 0 Å². The number of fused-ring (bicyclic) bond motifs is 1. The Morgan fingerprint density at radius 2 is 2.21 bits per heavy atom. The lowest BCUT2D eigenvalue weighted by atomic mass is 10.0. The quantitative estimate of drug-likeness (QED) is 0.887. The first-order valence-electron chi connectivity index (χ1n) is 6.85. The normalized spacial score (nSPS) is 16.7. The molecule has 4 heteroatoms. The second kappa shape index (κ2) is 5.05. The van der Waals surface area contributed by atoms with Crippen molar-refractivity contribution in [2.45, 2.75) is 25.8 Å². The molecule has 0 saturated carbocycles. The highest BCUT2D eigenvalue weighted by Crippen LogP contribution is 2.32. The van der Waals surface area contributed by atoms with Gasteiger partial charge in [-0.1, -0.05) is 6.58 Å². The minimum absolute atomic E-state index is 0.526. The first-order chi connectivity index (χ1) is 9.31. The lowest BCUT2D eigenvalue weighted by Gasteiger charge is -2.34. The van der Waals surface area contributed by atoms with Crippen molar-refractivity contribution in [1.82, 2.24) is 15.3 Å². The predicted octanol–water partition coefficient (Wildman–Crippen LogP) is 2.57. The highest BCUT2D eigenvalue weighted by molar-refractivity contribution is 5.92. The fraction of sp³-hybridized carbons (Fsp3) is 0.400. The van der Waals surface area contributed by atoms with E-state index in [1.165, 1.54) is 16.6 Å². The first-order valence-corrected chi connectivity index (χ1v) is 6.85. The minimum atomic E-state index is 0.526. The van der Waals surface area contributed by atoms with Crippen molar-refractivity contribution in [2.75, 3.05) is 18.0 Å².